The number of sulfone groups is 1. The molecular weight excluding hydrogens is 644 g/mol. The third-order valence-electron chi connectivity index (χ3n) is 11.7. The van der Waals surface area contributed by atoms with Gasteiger partial charge in [-0.2, -0.15) is 0 Å². The summed E-state index contributed by atoms with van der Waals surface area (Å²) < 4.78 is 26.3. The number of benzene rings is 1. The summed E-state index contributed by atoms with van der Waals surface area (Å²) in [6.07, 6.45) is 6.58. The first-order chi connectivity index (χ1) is 23.1. The van der Waals surface area contributed by atoms with Crippen molar-refractivity contribution in [2.45, 2.75) is 109 Å². The molecule has 270 valence electrons. The second-order valence-corrected chi connectivity index (χ2v) is 18.2. The Hall–Kier alpha value is -3.28. The summed E-state index contributed by atoms with van der Waals surface area (Å²) in [6, 6.07) is 5.98. The number of hydrogen-bond acceptors (Lipinski definition) is 7. The van der Waals surface area contributed by atoms with Gasteiger partial charge in [-0.1, -0.05) is 90.1 Å². The quantitative estimate of drug-likeness (QED) is 0.220. The summed E-state index contributed by atoms with van der Waals surface area (Å²) in [5.74, 6) is -3.49. The van der Waals surface area contributed by atoms with E-state index in [1.165, 1.54) is 0 Å². The lowest BCUT2D eigenvalue weighted by molar-refractivity contribution is -0.144. The summed E-state index contributed by atoms with van der Waals surface area (Å²) >= 11 is 0. The van der Waals surface area contributed by atoms with E-state index < -0.39 is 51.6 Å². The lowest BCUT2D eigenvalue weighted by atomic mass is 9.82. The maximum absolute atomic E-state index is 14.5. The summed E-state index contributed by atoms with van der Waals surface area (Å²) in [5.41, 5.74) is 5.88. The van der Waals surface area contributed by atoms with Gasteiger partial charge in [0.15, 0.2) is 15.6 Å². The molecule has 0 radical (unpaired) electrons. The van der Waals surface area contributed by atoms with E-state index in [0.29, 0.717) is 24.4 Å². The van der Waals surface area contributed by atoms with Gasteiger partial charge < -0.3 is 21.3 Å². The molecule has 11 nitrogen and oxygen atoms in total. The minimum atomic E-state index is -3.57. The van der Waals surface area contributed by atoms with Crippen LogP contribution in [0.25, 0.3) is 0 Å². The second-order valence-electron chi connectivity index (χ2n) is 16.0. The molecule has 4 amide bonds. The highest BCUT2D eigenvalue weighted by atomic mass is 32.2. The number of likely N-dealkylation sites (tertiary alicyclic amines) is 1. The fourth-order valence-corrected chi connectivity index (χ4v) is 10.3. The van der Waals surface area contributed by atoms with E-state index in [2.05, 4.69) is 24.5 Å². The molecule has 1 saturated heterocycles. The molecule has 6 atom stereocenters. The van der Waals surface area contributed by atoms with Gasteiger partial charge in [-0.15, -0.1) is 0 Å². The van der Waals surface area contributed by atoms with Crippen molar-refractivity contribution in [2.75, 3.05) is 12.3 Å². The van der Waals surface area contributed by atoms with Crippen LogP contribution < -0.4 is 16.4 Å². The third kappa shape index (κ3) is 8.91. The van der Waals surface area contributed by atoms with E-state index in [9.17, 15) is 32.4 Å². The van der Waals surface area contributed by atoms with Crippen LogP contribution in [0, 0.1) is 40.9 Å². The molecule has 3 aliphatic carbocycles. The van der Waals surface area contributed by atoms with Crippen LogP contribution in [-0.2, 0) is 34.8 Å². The number of piperidine rings is 1. The Labute approximate surface area is 290 Å². The Bertz CT molecular complexity index is 1520. The Morgan fingerprint density at radius 1 is 0.959 bits per heavy atom. The number of nitrogens with two attached hydrogens (primary N) is 1. The van der Waals surface area contributed by atoms with Crippen LogP contribution in [0.2, 0.25) is 0 Å². The molecule has 0 bridgehead atoms. The van der Waals surface area contributed by atoms with Gasteiger partial charge in [-0.25, -0.2) is 13.2 Å². The molecule has 0 aromatic heterocycles. The Balaban J connectivity index is 1.32. The number of Topliss-reactive ketones (excluding diaryl/α,β-unsaturated/α-hetero) is 2. The SMILES string of the molecule is CC(C)[C@@H](CS(=O)(=O)Cc1ccccc1)NC(=O)N[C@H](C(=O)N1C[C@H]2[C@@H]([C@H]1C(=O)CC(CC1CC1)C(=O)C(N)=O)C2(C)C)C1CCCCC1. The van der Waals surface area contributed by atoms with Gasteiger partial charge in [-0.3, -0.25) is 19.2 Å². The predicted octanol–water partition coefficient (Wildman–Crippen LogP) is 3.79. The van der Waals surface area contributed by atoms with Gasteiger partial charge in [0.2, 0.25) is 11.7 Å². The molecular formula is C37H54N4O7S. The van der Waals surface area contributed by atoms with Gasteiger partial charge in [0, 0.05) is 24.9 Å². The smallest absolute Gasteiger partial charge is 0.315 e. The molecule has 1 aliphatic heterocycles. The number of fused-ring (bicyclic) bond motifs is 1. The number of hydrogen-bond donors (Lipinski definition) is 3. The van der Waals surface area contributed by atoms with Crippen LogP contribution in [0.15, 0.2) is 30.3 Å². The standard InChI is InChI=1S/C37H54N4O7S/c1-22(2)28(21-49(47,48)20-24-11-7-5-8-12-24)39-36(46)40-31(25-13-9-6-10-14-25)35(45)41-19-27-30(37(27,3)4)32(41)29(42)18-26(17-23-15-16-23)33(43)34(38)44/h5,7-8,11-12,22-23,25-28,30-32H,6,9-10,13-21H2,1-4H3,(H2,38,44)(H2,39,40,46)/t26?,27-,28+,30-,31-,32+/m0/s1. The van der Waals surface area contributed by atoms with Gasteiger partial charge in [0.05, 0.1) is 17.5 Å². The monoisotopic (exact) mass is 698 g/mol. The topological polar surface area (TPSA) is 173 Å². The molecule has 1 aromatic rings. The number of rotatable bonds is 16. The van der Waals surface area contributed by atoms with Crippen LogP contribution in [0.5, 0.6) is 0 Å². The first-order valence-electron chi connectivity index (χ1n) is 18.1. The van der Waals surface area contributed by atoms with E-state index in [1.54, 1.807) is 29.2 Å². The van der Waals surface area contributed by atoms with Crippen molar-refractivity contribution in [3.8, 4) is 0 Å². The minimum absolute atomic E-state index is 0.0739. The number of ketones is 2. The minimum Gasteiger partial charge on any atom is -0.363 e. The second kappa shape index (κ2) is 14.9. The van der Waals surface area contributed by atoms with Crippen LogP contribution in [0.3, 0.4) is 0 Å². The lowest BCUT2D eigenvalue weighted by Gasteiger charge is -2.37. The van der Waals surface area contributed by atoms with Crippen LogP contribution in [0.4, 0.5) is 4.79 Å². The average molecular weight is 699 g/mol. The number of amides is 4. The zero-order chi connectivity index (χ0) is 35.7. The van der Waals surface area contributed by atoms with E-state index in [-0.39, 0.29) is 58.7 Å². The van der Waals surface area contributed by atoms with E-state index in [0.717, 1.165) is 44.9 Å². The molecule has 1 aromatic carbocycles. The number of nitrogens with one attached hydrogen (secondary N) is 2. The zero-order valence-electron chi connectivity index (χ0n) is 29.4. The molecule has 4 aliphatic rings. The number of carbonyl (C=O) groups excluding carboxylic acids is 5. The average Bonchev–Trinajstić information content (AvgIpc) is 3.90. The number of primary amides is 1. The third-order valence-corrected chi connectivity index (χ3v) is 13.3. The maximum atomic E-state index is 14.5. The van der Waals surface area contributed by atoms with Crippen molar-refractivity contribution < 1.29 is 32.4 Å². The summed E-state index contributed by atoms with van der Waals surface area (Å²) in [7, 11) is -3.57. The summed E-state index contributed by atoms with van der Waals surface area (Å²) in [6.45, 7) is 8.25. The van der Waals surface area contributed by atoms with E-state index >= 15 is 0 Å². The van der Waals surface area contributed by atoms with Crippen molar-refractivity contribution >= 4 is 39.2 Å². The van der Waals surface area contributed by atoms with Crippen molar-refractivity contribution in [3.63, 3.8) is 0 Å². The Kier molecular flexibility index (Phi) is 11.3. The Morgan fingerprint density at radius 2 is 1.61 bits per heavy atom. The van der Waals surface area contributed by atoms with Crippen LogP contribution in [0.1, 0.15) is 91.0 Å². The molecule has 1 unspecified atom stereocenters. The molecule has 0 spiro atoms. The molecule has 4 N–H and O–H groups in total. The van der Waals surface area contributed by atoms with Crippen molar-refractivity contribution in [1.29, 1.82) is 0 Å². The maximum Gasteiger partial charge on any atom is 0.315 e. The number of carbonyl (C=O) groups is 5. The lowest BCUT2D eigenvalue weighted by Crippen LogP contribution is -2.59. The predicted molar refractivity (Wildman–Crippen MR) is 186 cm³/mol. The van der Waals surface area contributed by atoms with E-state index in [4.69, 9.17) is 5.73 Å². The summed E-state index contributed by atoms with van der Waals surface area (Å²) in [4.78, 5) is 68.4. The fraction of sp³-hybridized carbons (Fsp3) is 0.703. The van der Waals surface area contributed by atoms with Gasteiger partial charge in [0.1, 0.15) is 6.04 Å². The first-order valence-corrected chi connectivity index (χ1v) is 19.9. The zero-order valence-corrected chi connectivity index (χ0v) is 30.2. The molecule has 1 heterocycles. The molecule has 4 fully saturated rings. The first kappa shape index (κ1) is 37.0. The highest BCUT2D eigenvalue weighted by Gasteiger charge is 2.69. The van der Waals surface area contributed by atoms with Gasteiger partial charge in [0.25, 0.3) is 5.91 Å². The number of urea groups is 1. The molecule has 3 saturated carbocycles. The van der Waals surface area contributed by atoms with Crippen molar-refractivity contribution in [2.24, 2.45) is 46.7 Å². The van der Waals surface area contributed by atoms with E-state index in [1.807, 2.05) is 19.9 Å². The molecule has 5 rings (SSSR count). The normalized spacial score (nSPS) is 25.2. The Morgan fingerprint density at radius 3 is 2.20 bits per heavy atom. The van der Waals surface area contributed by atoms with Gasteiger partial charge in [-0.05, 0) is 59.8 Å². The molecule has 12 heteroatoms. The van der Waals surface area contributed by atoms with Crippen LogP contribution >= 0.6 is 0 Å². The van der Waals surface area contributed by atoms with Gasteiger partial charge >= 0.3 is 6.03 Å². The largest absolute Gasteiger partial charge is 0.363 e. The van der Waals surface area contributed by atoms with Crippen molar-refractivity contribution in [1.82, 2.24) is 15.5 Å². The highest BCUT2D eigenvalue weighted by molar-refractivity contribution is 7.90. The molecule has 49 heavy (non-hydrogen) atoms. The van der Waals surface area contributed by atoms with Crippen LogP contribution in [-0.4, -0.2) is 73.2 Å². The highest BCUT2D eigenvalue weighted by Crippen LogP contribution is 2.65. The number of nitrogens with zero attached hydrogens (tertiary/aromatic N) is 1. The summed E-state index contributed by atoms with van der Waals surface area (Å²) in [5, 5.41) is 5.80. The fourth-order valence-electron chi connectivity index (χ4n) is 8.43. The van der Waals surface area contributed by atoms with Crippen molar-refractivity contribution in [3.05, 3.63) is 35.9 Å².